The topological polar surface area (TPSA) is 81.0 Å². The van der Waals surface area contributed by atoms with Crippen molar-refractivity contribution in [2.75, 3.05) is 18.0 Å². The highest BCUT2D eigenvalue weighted by atomic mass is 35.5. The Bertz CT molecular complexity index is 794. The first-order valence-corrected chi connectivity index (χ1v) is 8.92. The number of nitrogens with zero attached hydrogens (tertiary/aromatic N) is 3. The van der Waals surface area contributed by atoms with Crippen LogP contribution in [0, 0.1) is 11.3 Å². The molecule has 2 N–H and O–H groups in total. The number of hydrogen-bond acceptors (Lipinski definition) is 4. The second kappa shape index (κ2) is 8.54. The number of urea groups is 1. The molecule has 0 spiro atoms. The lowest BCUT2D eigenvalue weighted by atomic mass is 10.1. The largest absolute Gasteiger partial charge is 0.356 e. The normalized spacial score (nSPS) is 14.5. The monoisotopic (exact) mass is 369 g/mol. The third kappa shape index (κ3) is 4.64. The van der Waals surface area contributed by atoms with E-state index in [0.29, 0.717) is 17.1 Å². The minimum atomic E-state index is -0.181. The molecule has 6 nitrogen and oxygen atoms in total. The zero-order valence-electron chi connectivity index (χ0n) is 14.3. The Morgan fingerprint density at radius 3 is 2.69 bits per heavy atom. The third-order valence-electron chi connectivity index (χ3n) is 4.43. The molecule has 7 heteroatoms. The number of carbonyl (C=O) groups excluding carboxylic acids is 1. The molecule has 0 atom stereocenters. The minimum absolute atomic E-state index is 0.135. The summed E-state index contributed by atoms with van der Waals surface area (Å²) in [5.74, 6) is 0.866. The van der Waals surface area contributed by atoms with E-state index in [4.69, 9.17) is 16.9 Å². The second-order valence-corrected chi connectivity index (χ2v) is 6.60. The molecule has 0 bridgehead atoms. The summed E-state index contributed by atoms with van der Waals surface area (Å²) in [7, 11) is 0. The van der Waals surface area contributed by atoms with Crippen LogP contribution in [0.2, 0.25) is 5.02 Å². The van der Waals surface area contributed by atoms with E-state index in [1.807, 2.05) is 30.3 Å². The van der Waals surface area contributed by atoms with Crippen LogP contribution in [0.25, 0.3) is 0 Å². The highest BCUT2D eigenvalue weighted by Gasteiger charge is 2.21. The highest BCUT2D eigenvalue weighted by Crippen LogP contribution is 2.18. The summed E-state index contributed by atoms with van der Waals surface area (Å²) in [5, 5.41) is 15.3. The van der Waals surface area contributed by atoms with Crippen molar-refractivity contribution in [3.63, 3.8) is 0 Å². The molecular weight excluding hydrogens is 350 g/mol. The number of amides is 2. The van der Waals surface area contributed by atoms with Crippen LogP contribution < -0.4 is 15.5 Å². The van der Waals surface area contributed by atoms with Gasteiger partial charge in [-0.05, 0) is 36.6 Å². The molecule has 1 aromatic heterocycles. The molecule has 2 aromatic rings. The molecule has 3 rings (SSSR count). The van der Waals surface area contributed by atoms with Crippen molar-refractivity contribution in [1.82, 2.24) is 15.6 Å². The number of hydrogen-bond donors (Lipinski definition) is 2. The number of benzene rings is 1. The molecule has 1 aliphatic rings. The van der Waals surface area contributed by atoms with E-state index in [0.717, 1.165) is 37.3 Å². The summed E-state index contributed by atoms with van der Waals surface area (Å²) in [6, 6.07) is 13.1. The average molecular weight is 370 g/mol. The van der Waals surface area contributed by atoms with Crippen LogP contribution in [0.15, 0.2) is 42.6 Å². The van der Waals surface area contributed by atoms with E-state index in [1.54, 1.807) is 12.3 Å². The van der Waals surface area contributed by atoms with Gasteiger partial charge in [0.25, 0.3) is 0 Å². The van der Waals surface area contributed by atoms with E-state index < -0.39 is 0 Å². The fourth-order valence-corrected chi connectivity index (χ4v) is 3.15. The van der Waals surface area contributed by atoms with Gasteiger partial charge in [0, 0.05) is 36.9 Å². The van der Waals surface area contributed by atoms with Gasteiger partial charge in [-0.1, -0.05) is 29.8 Å². The van der Waals surface area contributed by atoms with Crippen LogP contribution >= 0.6 is 11.6 Å². The van der Waals surface area contributed by atoms with Crippen molar-refractivity contribution in [1.29, 1.82) is 5.26 Å². The number of nitrogens with one attached hydrogen (secondary N) is 2. The van der Waals surface area contributed by atoms with Gasteiger partial charge in [-0.15, -0.1) is 0 Å². The fourth-order valence-electron chi connectivity index (χ4n) is 2.95. The zero-order valence-corrected chi connectivity index (χ0v) is 15.0. The van der Waals surface area contributed by atoms with Crippen LogP contribution in [0.1, 0.15) is 24.0 Å². The summed E-state index contributed by atoms with van der Waals surface area (Å²) >= 11 is 6.09. The first-order chi connectivity index (χ1) is 12.7. The Morgan fingerprint density at radius 2 is 2.04 bits per heavy atom. The summed E-state index contributed by atoms with van der Waals surface area (Å²) in [6.45, 7) is 2.03. The van der Waals surface area contributed by atoms with Gasteiger partial charge in [0.05, 0.1) is 5.56 Å². The van der Waals surface area contributed by atoms with Crippen molar-refractivity contribution in [3.8, 4) is 6.07 Å². The Morgan fingerprint density at radius 1 is 1.27 bits per heavy atom. The number of aromatic nitrogens is 1. The van der Waals surface area contributed by atoms with E-state index in [-0.39, 0.29) is 12.1 Å². The van der Waals surface area contributed by atoms with Gasteiger partial charge in [-0.25, -0.2) is 9.78 Å². The van der Waals surface area contributed by atoms with E-state index in [9.17, 15) is 4.79 Å². The van der Waals surface area contributed by atoms with E-state index in [1.165, 1.54) is 0 Å². The first kappa shape index (κ1) is 18.0. The molecular formula is C19H20ClN5O. The molecule has 0 unspecified atom stereocenters. The van der Waals surface area contributed by atoms with Crippen molar-refractivity contribution in [2.45, 2.75) is 25.4 Å². The molecule has 0 aliphatic carbocycles. The van der Waals surface area contributed by atoms with Crippen LogP contribution in [0.4, 0.5) is 10.6 Å². The maximum atomic E-state index is 12.1. The molecule has 2 heterocycles. The van der Waals surface area contributed by atoms with Gasteiger partial charge in [-0.2, -0.15) is 5.26 Å². The molecule has 0 saturated carbocycles. The first-order valence-electron chi connectivity index (χ1n) is 8.54. The van der Waals surface area contributed by atoms with Gasteiger partial charge in [0.1, 0.15) is 11.9 Å². The van der Waals surface area contributed by atoms with Gasteiger partial charge in [-0.3, -0.25) is 0 Å². The van der Waals surface area contributed by atoms with Crippen molar-refractivity contribution >= 4 is 23.4 Å². The summed E-state index contributed by atoms with van der Waals surface area (Å²) < 4.78 is 0. The Balaban J connectivity index is 1.44. The highest BCUT2D eigenvalue weighted by molar-refractivity contribution is 6.31. The average Bonchev–Trinajstić information content (AvgIpc) is 2.68. The maximum absolute atomic E-state index is 12.1. The third-order valence-corrected chi connectivity index (χ3v) is 4.80. The predicted molar refractivity (Wildman–Crippen MR) is 101 cm³/mol. The van der Waals surface area contributed by atoms with Gasteiger partial charge < -0.3 is 15.5 Å². The SMILES string of the molecule is N#Cc1ccc(N2CCC(NC(=O)NCc3ccccc3Cl)CC2)nc1. The lowest BCUT2D eigenvalue weighted by Crippen LogP contribution is -2.48. The molecule has 1 saturated heterocycles. The van der Waals surface area contributed by atoms with Crippen LogP contribution in [-0.2, 0) is 6.54 Å². The number of carbonyl (C=O) groups is 1. The Hall–Kier alpha value is -2.78. The minimum Gasteiger partial charge on any atom is -0.356 e. The number of piperidine rings is 1. The van der Waals surface area contributed by atoms with Gasteiger partial charge in [0.15, 0.2) is 0 Å². The zero-order chi connectivity index (χ0) is 18.4. The quantitative estimate of drug-likeness (QED) is 0.867. The number of rotatable bonds is 4. The van der Waals surface area contributed by atoms with Crippen LogP contribution in [0.3, 0.4) is 0 Å². The fraction of sp³-hybridized carbons (Fsp3) is 0.316. The molecule has 1 fully saturated rings. The van der Waals surface area contributed by atoms with Gasteiger partial charge >= 0.3 is 6.03 Å². The molecule has 2 amide bonds. The number of nitriles is 1. The molecule has 26 heavy (non-hydrogen) atoms. The van der Waals surface area contributed by atoms with Crippen molar-refractivity contribution in [2.24, 2.45) is 0 Å². The summed E-state index contributed by atoms with van der Waals surface area (Å²) in [4.78, 5) is 18.6. The van der Waals surface area contributed by atoms with Crippen LogP contribution in [-0.4, -0.2) is 30.1 Å². The Labute approximate surface area is 157 Å². The van der Waals surface area contributed by atoms with E-state index >= 15 is 0 Å². The molecule has 0 radical (unpaired) electrons. The summed E-state index contributed by atoms with van der Waals surface area (Å²) in [6.07, 6.45) is 3.28. The van der Waals surface area contributed by atoms with E-state index in [2.05, 4.69) is 26.6 Å². The molecule has 1 aliphatic heterocycles. The maximum Gasteiger partial charge on any atom is 0.315 e. The molecule has 134 valence electrons. The standard InChI is InChI=1S/C19H20ClN5O/c20-17-4-2-1-3-15(17)13-23-19(26)24-16-7-9-25(10-8-16)18-6-5-14(11-21)12-22-18/h1-6,12,16H,7-10,13H2,(H2,23,24,26). The lowest BCUT2D eigenvalue weighted by Gasteiger charge is -2.33. The number of anilines is 1. The van der Waals surface area contributed by atoms with Crippen molar-refractivity contribution in [3.05, 3.63) is 58.7 Å². The smallest absolute Gasteiger partial charge is 0.315 e. The van der Waals surface area contributed by atoms with Crippen LogP contribution in [0.5, 0.6) is 0 Å². The second-order valence-electron chi connectivity index (χ2n) is 6.20. The van der Waals surface area contributed by atoms with Gasteiger partial charge in [0.2, 0.25) is 0 Å². The number of pyridine rings is 1. The molecule has 1 aromatic carbocycles. The van der Waals surface area contributed by atoms with Crippen molar-refractivity contribution < 1.29 is 4.79 Å². The number of halogens is 1. The predicted octanol–water partition coefficient (Wildman–Crippen LogP) is 3.07. The lowest BCUT2D eigenvalue weighted by molar-refractivity contribution is 0.234. The summed E-state index contributed by atoms with van der Waals surface area (Å²) in [5.41, 5.74) is 1.45. The Kier molecular flexibility index (Phi) is 5.92.